The molecule has 0 spiro atoms. The van der Waals surface area contributed by atoms with Crippen molar-refractivity contribution in [3.05, 3.63) is 0 Å². The van der Waals surface area contributed by atoms with E-state index in [0.717, 1.165) is 12.8 Å². The lowest BCUT2D eigenvalue weighted by Crippen LogP contribution is -2.42. The minimum Gasteiger partial charge on any atom is -0.480 e. The summed E-state index contributed by atoms with van der Waals surface area (Å²) in [7, 11) is 0. The van der Waals surface area contributed by atoms with Crippen molar-refractivity contribution < 1.29 is 29.0 Å². The Bertz CT molecular complexity index is 341. The van der Waals surface area contributed by atoms with Gasteiger partial charge in [0.05, 0.1) is 12.7 Å². The molecule has 1 saturated carbocycles. The zero-order valence-corrected chi connectivity index (χ0v) is 11.2. The summed E-state index contributed by atoms with van der Waals surface area (Å²) in [4.78, 5) is 32.6. The quantitative estimate of drug-likeness (QED) is 0.536. The summed E-state index contributed by atoms with van der Waals surface area (Å²) in [6.07, 6.45) is 4.77. The Labute approximate surface area is 116 Å². The van der Waals surface area contributed by atoms with Crippen LogP contribution in [0.2, 0.25) is 0 Å². The van der Waals surface area contributed by atoms with Gasteiger partial charge in [-0.25, -0.2) is 9.59 Å². The lowest BCUT2D eigenvalue weighted by Gasteiger charge is -2.11. The molecule has 1 fully saturated rings. The second kappa shape index (κ2) is 9.27. The van der Waals surface area contributed by atoms with Gasteiger partial charge in [-0.3, -0.25) is 10.1 Å². The number of carboxylic acids is 1. The maximum atomic E-state index is 11.3. The smallest absolute Gasteiger partial charge is 0.329 e. The number of hydrogen-bond donors (Lipinski definition) is 3. The van der Waals surface area contributed by atoms with Gasteiger partial charge in [-0.05, 0) is 12.8 Å². The maximum absolute atomic E-state index is 11.3. The molecule has 0 atom stereocenters. The van der Waals surface area contributed by atoms with E-state index in [1.54, 1.807) is 0 Å². The number of imide groups is 1. The van der Waals surface area contributed by atoms with Crippen molar-refractivity contribution in [2.75, 3.05) is 26.4 Å². The van der Waals surface area contributed by atoms with E-state index >= 15 is 0 Å². The largest absolute Gasteiger partial charge is 0.480 e. The lowest BCUT2D eigenvalue weighted by molar-refractivity contribution is -0.143. The number of carboxylic acid groups (broad SMARTS) is 1. The van der Waals surface area contributed by atoms with Crippen LogP contribution < -0.4 is 10.6 Å². The molecule has 1 rings (SSSR count). The van der Waals surface area contributed by atoms with E-state index in [1.807, 2.05) is 5.32 Å². The first-order valence-electron chi connectivity index (χ1n) is 6.56. The molecule has 3 amide bonds. The molecule has 114 valence electrons. The number of nitrogens with one attached hydrogen (secondary N) is 2. The van der Waals surface area contributed by atoms with Gasteiger partial charge in [0.1, 0.15) is 13.2 Å². The number of ether oxygens (including phenoxy) is 2. The van der Waals surface area contributed by atoms with Gasteiger partial charge in [0.25, 0.3) is 5.91 Å². The molecule has 1 aliphatic rings. The first-order valence-corrected chi connectivity index (χ1v) is 6.56. The van der Waals surface area contributed by atoms with E-state index in [2.05, 4.69) is 10.1 Å². The zero-order chi connectivity index (χ0) is 14.8. The number of carbonyl (C=O) groups excluding carboxylic acids is 2. The van der Waals surface area contributed by atoms with Gasteiger partial charge in [-0.2, -0.15) is 0 Å². The molecule has 0 saturated heterocycles. The molecule has 0 aromatic heterocycles. The van der Waals surface area contributed by atoms with Gasteiger partial charge in [0.2, 0.25) is 0 Å². The molecule has 0 unspecified atom stereocenters. The van der Waals surface area contributed by atoms with Crippen molar-refractivity contribution in [1.29, 1.82) is 0 Å². The topological polar surface area (TPSA) is 114 Å². The van der Waals surface area contributed by atoms with Gasteiger partial charge in [-0.15, -0.1) is 0 Å². The maximum Gasteiger partial charge on any atom is 0.329 e. The van der Waals surface area contributed by atoms with Crippen LogP contribution >= 0.6 is 0 Å². The molecular weight excluding hydrogens is 268 g/mol. The molecule has 1 aliphatic carbocycles. The second-order valence-corrected chi connectivity index (χ2v) is 4.47. The average molecular weight is 288 g/mol. The highest BCUT2D eigenvalue weighted by Gasteiger charge is 2.15. The summed E-state index contributed by atoms with van der Waals surface area (Å²) in [6.45, 7) is -0.337. The normalized spacial score (nSPS) is 15.0. The van der Waals surface area contributed by atoms with Crippen LogP contribution in [0.4, 0.5) is 4.79 Å². The van der Waals surface area contributed by atoms with Gasteiger partial charge in [-0.1, -0.05) is 12.8 Å². The highest BCUT2D eigenvalue weighted by molar-refractivity contribution is 5.94. The Hall–Kier alpha value is -1.67. The predicted octanol–water partition coefficient (Wildman–Crippen LogP) is -0.127. The first kappa shape index (κ1) is 16.4. The third-order valence-electron chi connectivity index (χ3n) is 2.76. The van der Waals surface area contributed by atoms with Crippen molar-refractivity contribution >= 4 is 17.9 Å². The van der Waals surface area contributed by atoms with Crippen molar-refractivity contribution in [2.45, 2.75) is 31.8 Å². The number of hydrogen-bond acceptors (Lipinski definition) is 5. The van der Waals surface area contributed by atoms with Crippen LogP contribution in [0.25, 0.3) is 0 Å². The number of rotatable bonds is 8. The fourth-order valence-electron chi connectivity index (χ4n) is 1.88. The summed E-state index contributed by atoms with van der Waals surface area (Å²) in [5.74, 6) is -1.87. The van der Waals surface area contributed by atoms with Crippen LogP contribution in [0, 0.1) is 0 Å². The monoisotopic (exact) mass is 288 g/mol. The lowest BCUT2D eigenvalue weighted by atomic mass is 10.3. The van der Waals surface area contributed by atoms with E-state index in [1.165, 1.54) is 12.8 Å². The number of urea groups is 1. The standard InChI is InChI=1S/C12H20N2O6/c15-10(7-19-8-11(16)17)14-12(18)13-5-6-20-9-3-1-2-4-9/h9H,1-8H2,(H,16,17)(H2,13,14,15,18). The Balaban J connectivity index is 1.98. The highest BCUT2D eigenvalue weighted by Crippen LogP contribution is 2.20. The minimum absolute atomic E-state index is 0.283. The van der Waals surface area contributed by atoms with Crippen molar-refractivity contribution in [1.82, 2.24) is 10.6 Å². The Kier molecular flexibility index (Phi) is 7.59. The molecule has 0 bridgehead atoms. The molecule has 0 heterocycles. The summed E-state index contributed by atoms with van der Waals surface area (Å²) in [5, 5.41) is 12.8. The van der Waals surface area contributed by atoms with Crippen molar-refractivity contribution in [2.24, 2.45) is 0 Å². The van der Waals surface area contributed by atoms with Crippen molar-refractivity contribution in [3.8, 4) is 0 Å². The van der Waals surface area contributed by atoms with Gasteiger partial charge in [0, 0.05) is 6.54 Å². The number of aliphatic carboxylic acids is 1. The van der Waals surface area contributed by atoms with E-state index in [9.17, 15) is 14.4 Å². The van der Waals surface area contributed by atoms with Crippen LogP contribution in [0.5, 0.6) is 0 Å². The first-order chi connectivity index (χ1) is 9.58. The zero-order valence-electron chi connectivity index (χ0n) is 11.2. The number of carbonyl (C=O) groups is 3. The second-order valence-electron chi connectivity index (χ2n) is 4.47. The summed E-state index contributed by atoms with van der Waals surface area (Å²) in [6, 6.07) is -0.649. The van der Waals surface area contributed by atoms with E-state index in [-0.39, 0.29) is 6.10 Å². The Morgan fingerprint density at radius 3 is 2.50 bits per heavy atom. The number of amides is 3. The Morgan fingerprint density at radius 1 is 1.15 bits per heavy atom. The van der Waals surface area contributed by atoms with Crippen LogP contribution in [0.3, 0.4) is 0 Å². The summed E-state index contributed by atoms with van der Waals surface area (Å²) >= 11 is 0. The van der Waals surface area contributed by atoms with E-state index in [0.29, 0.717) is 13.2 Å². The SMILES string of the molecule is O=C(O)COCC(=O)NC(=O)NCCOC1CCCC1. The molecule has 3 N–H and O–H groups in total. The van der Waals surface area contributed by atoms with E-state index in [4.69, 9.17) is 9.84 Å². The molecule has 8 heteroatoms. The Morgan fingerprint density at radius 2 is 1.85 bits per heavy atom. The molecule has 0 aromatic rings. The van der Waals surface area contributed by atoms with Crippen LogP contribution in [0.15, 0.2) is 0 Å². The summed E-state index contributed by atoms with van der Waals surface area (Å²) in [5.41, 5.74) is 0. The molecule has 0 radical (unpaired) electrons. The predicted molar refractivity (Wildman–Crippen MR) is 68.2 cm³/mol. The fraction of sp³-hybridized carbons (Fsp3) is 0.750. The highest BCUT2D eigenvalue weighted by atomic mass is 16.5. The molecular formula is C12H20N2O6. The molecule has 20 heavy (non-hydrogen) atoms. The fourth-order valence-corrected chi connectivity index (χ4v) is 1.88. The van der Waals surface area contributed by atoms with Gasteiger partial charge in [0.15, 0.2) is 0 Å². The average Bonchev–Trinajstić information content (AvgIpc) is 2.87. The van der Waals surface area contributed by atoms with Crippen molar-refractivity contribution in [3.63, 3.8) is 0 Å². The third kappa shape index (κ3) is 7.70. The summed E-state index contributed by atoms with van der Waals surface area (Å²) < 4.78 is 10.1. The molecule has 0 aliphatic heterocycles. The van der Waals surface area contributed by atoms with Crippen LogP contribution in [-0.2, 0) is 19.1 Å². The van der Waals surface area contributed by atoms with E-state index < -0.39 is 31.1 Å². The third-order valence-corrected chi connectivity index (χ3v) is 2.76. The van der Waals surface area contributed by atoms with Gasteiger partial charge < -0.3 is 19.9 Å². The molecule has 0 aromatic carbocycles. The van der Waals surface area contributed by atoms with Gasteiger partial charge >= 0.3 is 12.0 Å². The van der Waals surface area contributed by atoms with Crippen LogP contribution in [0.1, 0.15) is 25.7 Å². The van der Waals surface area contributed by atoms with Crippen LogP contribution in [-0.4, -0.2) is 55.5 Å². The minimum atomic E-state index is -1.17. The molecule has 8 nitrogen and oxygen atoms in total.